The highest BCUT2D eigenvalue weighted by atomic mass is 16.6. The molecule has 0 unspecified atom stereocenters. The molecule has 1 aromatic carbocycles. The molecule has 0 saturated carbocycles. The smallest absolute Gasteiger partial charge is 0.311 e. The quantitative estimate of drug-likeness (QED) is 0.735. The van der Waals surface area contributed by atoms with Crippen molar-refractivity contribution < 1.29 is 9.26 Å². The zero-order chi connectivity index (χ0) is 9.97. The number of hydrogen-bond donors (Lipinski definition) is 1. The molecular weight excluding hydrogens is 180 g/mol. The van der Waals surface area contributed by atoms with Crippen LogP contribution in [0.5, 0.6) is 5.95 Å². The maximum absolute atomic E-state index is 5.65. The third-order valence-corrected chi connectivity index (χ3v) is 1.87. The Balaban J connectivity index is 2.39. The maximum atomic E-state index is 5.65. The molecule has 2 aromatic rings. The molecule has 0 aliphatic heterocycles. The van der Waals surface area contributed by atoms with E-state index in [0.29, 0.717) is 17.3 Å². The SMILES string of the molecule is COc1cc(-c2cccc(N)c2)no1. The molecular formula is C10H10N2O2. The van der Waals surface area contributed by atoms with Gasteiger partial charge in [0.15, 0.2) is 0 Å². The van der Waals surface area contributed by atoms with Crippen LogP contribution in [0.4, 0.5) is 5.69 Å². The van der Waals surface area contributed by atoms with Gasteiger partial charge < -0.3 is 15.0 Å². The molecule has 1 aromatic heterocycles. The van der Waals surface area contributed by atoms with E-state index in [1.807, 2.05) is 24.3 Å². The molecule has 0 atom stereocenters. The standard InChI is InChI=1S/C10H10N2O2/c1-13-10-6-9(12-14-10)7-3-2-4-8(11)5-7/h2-6H,11H2,1H3. The second-order valence-electron chi connectivity index (χ2n) is 2.86. The largest absolute Gasteiger partial charge is 0.467 e. The summed E-state index contributed by atoms with van der Waals surface area (Å²) in [6.07, 6.45) is 0. The van der Waals surface area contributed by atoms with Gasteiger partial charge >= 0.3 is 5.95 Å². The molecule has 0 amide bonds. The van der Waals surface area contributed by atoms with Crippen LogP contribution in [0.25, 0.3) is 11.3 Å². The number of benzene rings is 1. The molecule has 72 valence electrons. The van der Waals surface area contributed by atoms with Crippen LogP contribution in [-0.4, -0.2) is 12.3 Å². The van der Waals surface area contributed by atoms with E-state index in [-0.39, 0.29) is 0 Å². The van der Waals surface area contributed by atoms with Crippen molar-refractivity contribution in [1.29, 1.82) is 0 Å². The molecule has 1 heterocycles. The third kappa shape index (κ3) is 1.54. The minimum atomic E-state index is 0.391. The van der Waals surface area contributed by atoms with Crippen molar-refractivity contribution in [3.63, 3.8) is 0 Å². The summed E-state index contributed by atoms with van der Waals surface area (Å²) in [6.45, 7) is 0. The van der Waals surface area contributed by atoms with E-state index < -0.39 is 0 Å². The van der Waals surface area contributed by atoms with Crippen LogP contribution in [0.15, 0.2) is 34.9 Å². The Morgan fingerprint density at radius 2 is 2.21 bits per heavy atom. The van der Waals surface area contributed by atoms with Gasteiger partial charge in [-0.05, 0) is 12.1 Å². The Hall–Kier alpha value is -1.97. The van der Waals surface area contributed by atoms with Gasteiger partial charge in [-0.3, -0.25) is 0 Å². The Morgan fingerprint density at radius 3 is 2.86 bits per heavy atom. The van der Waals surface area contributed by atoms with Gasteiger partial charge in [-0.1, -0.05) is 17.3 Å². The summed E-state index contributed by atoms with van der Waals surface area (Å²) < 4.78 is 9.78. The summed E-state index contributed by atoms with van der Waals surface area (Å²) >= 11 is 0. The molecule has 2 rings (SSSR count). The lowest BCUT2D eigenvalue weighted by Crippen LogP contribution is -1.84. The molecule has 0 aliphatic carbocycles. The average molecular weight is 190 g/mol. The summed E-state index contributed by atoms with van der Waals surface area (Å²) in [5.74, 6) is 0.391. The minimum Gasteiger partial charge on any atom is -0.467 e. The van der Waals surface area contributed by atoms with Gasteiger partial charge in [-0.25, -0.2) is 0 Å². The van der Waals surface area contributed by atoms with Gasteiger partial charge in [0.25, 0.3) is 0 Å². The number of rotatable bonds is 2. The van der Waals surface area contributed by atoms with Crippen molar-refractivity contribution in [2.75, 3.05) is 12.8 Å². The van der Waals surface area contributed by atoms with Crippen molar-refractivity contribution >= 4 is 5.69 Å². The van der Waals surface area contributed by atoms with E-state index >= 15 is 0 Å². The van der Waals surface area contributed by atoms with Crippen molar-refractivity contribution in [3.8, 4) is 17.2 Å². The van der Waals surface area contributed by atoms with E-state index in [0.717, 1.165) is 5.56 Å². The number of nitrogen functional groups attached to an aromatic ring is 1. The van der Waals surface area contributed by atoms with Gasteiger partial charge in [-0.2, -0.15) is 0 Å². The monoisotopic (exact) mass is 190 g/mol. The molecule has 4 nitrogen and oxygen atoms in total. The zero-order valence-electron chi connectivity index (χ0n) is 7.73. The molecule has 2 N–H and O–H groups in total. The van der Waals surface area contributed by atoms with E-state index in [9.17, 15) is 0 Å². The Kier molecular flexibility index (Phi) is 2.10. The van der Waals surface area contributed by atoms with Gasteiger partial charge in [0.2, 0.25) is 0 Å². The number of nitrogens with two attached hydrogens (primary N) is 1. The summed E-state index contributed by atoms with van der Waals surface area (Å²) in [6, 6.07) is 9.15. The lowest BCUT2D eigenvalue weighted by atomic mass is 10.1. The van der Waals surface area contributed by atoms with Crippen LogP contribution in [0.3, 0.4) is 0 Å². The third-order valence-electron chi connectivity index (χ3n) is 1.87. The minimum absolute atomic E-state index is 0.391. The van der Waals surface area contributed by atoms with Gasteiger partial charge in [-0.15, -0.1) is 0 Å². The first kappa shape index (κ1) is 8.62. The molecule has 0 spiro atoms. The van der Waals surface area contributed by atoms with Crippen LogP contribution in [0.2, 0.25) is 0 Å². The highest BCUT2D eigenvalue weighted by Crippen LogP contribution is 2.23. The van der Waals surface area contributed by atoms with E-state index in [1.54, 1.807) is 6.07 Å². The fourth-order valence-corrected chi connectivity index (χ4v) is 1.19. The fraction of sp³-hybridized carbons (Fsp3) is 0.100. The maximum Gasteiger partial charge on any atom is 0.311 e. The average Bonchev–Trinajstić information content (AvgIpc) is 2.66. The summed E-state index contributed by atoms with van der Waals surface area (Å²) in [5.41, 5.74) is 7.97. The number of aromatic nitrogens is 1. The molecule has 4 heteroatoms. The van der Waals surface area contributed by atoms with Crippen molar-refractivity contribution in [1.82, 2.24) is 5.16 Å². The predicted octanol–water partition coefficient (Wildman–Crippen LogP) is 1.93. The molecule has 0 saturated heterocycles. The van der Waals surface area contributed by atoms with Crippen LogP contribution in [0.1, 0.15) is 0 Å². The zero-order valence-corrected chi connectivity index (χ0v) is 7.73. The first-order chi connectivity index (χ1) is 6.79. The topological polar surface area (TPSA) is 61.3 Å². The number of anilines is 1. The van der Waals surface area contributed by atoms with Gasteiger partial charge in [0.1, 0.15) is 5.69 Å². The number of nitrogens with zero attached hydrogens (tertiary/aromatic N) is 1. The molecule has 0 bridgehead atoms. The molecule has 0 radical (unpaired) electrons. The van der Waals surface area contributed by atoms with Crippen molar-refractivity contribution in [2.45, 2.75) is 0 Å². The highest BCUT2D eigenvalue weighted by Gasteiger charge is 2.05. The summed E-state index contributed by atoms with van der Waals surface area (Å²) in [4.78, 5) is 0. The Bertz CT molecular complexity index is 437. The Labute approximate surface area is 81.3 Å². The lowest BCUT2D eigenvalue weighted by Gasteiger charge is -1.95. The van der Waals surface area contributed by atoms with Crippen molar-refractivity contribution in [2.24, 2.45) is 0 Å². The van der Waals surface area contributed by atoms with Gasteiger partial charge in [0.05, 0.1) is 13.2 Å². The number of ether oxygens (including phenoxy) is 1. The van der Waals surface area contributed by atoms with Crippen molar-refractivity contribution in [3.05, 3.63) is 30.3 Å². The second kappa shape index (κ2) is 3.41. The van der Waals surface area contributed by atoms with E-state index in [2.05, 4.69) is 5.16 Å². The lowest BCUT2D eigenvalue weighted by molar-refractivity contribution is 0.261. The molecule has 14 heavy (non-hydrogen) atoms. The van der Waals surface area contributed by atoms with Crippen LogP contribution < -0.4 is 10.5 Å². The van der Waals surface area contributed by atoms with Crippen LogP contribution in [0, 0.1) is 0 Å². The first-order valence-corrected chi connectivity index (χ1v) is 4.16. The van der Waals surface area contributed by atoms with Crippen LogP contribution >= 0.6 is 0 Å². The second-order valence-corrected chi connectivity index (χ2v) is 2.86. The molecule has 0 fully saturated rings. The predicted molar refractivity (Wildman–Crippen MR) is 52.9 cm³/mol. The summed E-state index contributed by atoms with van der Waals surface area (Å²) in [5, 5.41) is 3.84. The fourth-order valence-electron chi connectivity index (χ4n) is 1.19. The summed E-state index contributed by atoms with van der Waals surface area (Å²) in [7, 11) is 1.53. The highest BCUT2D eigenvalue weighted by molar-refractivity contribution is 5.64. The normalized spacial score (nSPS) is 10.1. The van der Waals surface area contributed by atoms with E-state index in [4.69, 9.17) is 15.0 Å². The first-order valence-electron chi connectivity index (χ1n) is 4.16. The van der Waals surface area contributed by atoms with Crippen LogP contribution in [-0.2, 0) is 0 Å². The number of hydrogen-bond acceptors (Lipinski definition) is 4. The number of methoxy groups -OCH3 is 1. The molecule has 0 aliphatic rings. The van der Waals surface area contributed by atoms with E-state index in [1.165, 1.54) is 7.11 Å². The van der Waals surface area contributed by atoms with Gasteiger partial charge in [0, 0.05) is 11.3 Å². The Morgan fingerprint density at radius 1 is 1.36 bits per heavy atom.